The molecule has 0 amide bonds. The second-order valence-corrected chi connectivity index (χ2v) is 8.07. The maximum absolute atomic E-state index is 13.2. The summed E-state index contributed by atoms with van der Waals surface area (Å²) >= 11 is 0.975. The number of nitrogens with one attached hydrogen (secondary N) is 1. The molecule has 1 saturated heterocycles. The van der Waals surface area contributed by atoms with Gasteiger partial charge in [-0.2, -0.15) is 13.2 Å². The summed E-state index contributed by atoms with van der Waals surface area (Å²) in [5.41, 5.74) is 2.34. The molecule has 8 heteroatoms. The summed E-state index contributed by atoms with van der Waals surface area (Å²) in [6.07, 6.45) is -0.706. The predicted molar refractivity (Wildman–Crippen MR) is 115 cm³/mol. The number of ether oxygens (including phenoxy) is 1. The Morgan fingerprint density at radius 1 is 1.17 bits per heavy atom. The Hall–Kier alpha value is -1.77. The molecule has 1 fully saturated rings. The number of halogens is 3. The van der Waals surface area contributed by atoms with Gasteiger partial charge >= 0.3 is 6.18 Å². The van der Waals surface area contributed by atoms with Crippen LogP contribution in [0, 0.1) is 0 Å². The molecule has 2 heterocycles. The molecule has 0 spiro atoms. The Labute approximate surface area is 180 Å². The van der Waals surface area contributed by atoms with E-state index >= 15 is 0 Å². The van der Waals surface area contributed by atoms with Crippen molar-refractivity contribution in [2.24, 2.45) is 0 Å². The fraction of sp³-hybridized carbons (Fsp3) is 0.500. The van der Waals surface area contributed by atoms with Crippen molar-refractivity contribution in [3.63, 3.8) is 0 Å². The van der Waals surface area contributed by atoms with Crippen LogP contribution in [-0.4, -0.2) is 42.0 Å². The summed E-state index contributed by atoms with van der Waals surface area (Å²) < 4.78 is 47.6. The van der Waals surface area contributed by atoms with Gasteiger partial charge in [0, 0.05) is 24.2 Å². The summed E-state index contributed by atoms with van der Waals surface area (Å²) in [6.45, 7) is 5.16. The average molecular weight is 440 g/mol. The van der Waals surface area contributed by atoms with Crippen LogP contribution in [0.3, 0.4) is 0 Å². The molecule has 30 heavy (non-hydrogen) atoms. The van der Waals surface area contributed by atoms with E-state index in [9.17, 15) is 13.2 Å². The Bertz CT molecular complexity index is 793. The van der Waals surface area contributed by atoms with Crippen molar-refractivity contribution in [2.45, 2.75) is 44.4 Å². The average Bonchev–Trinajstić information content (AvgIpc) is 2.73. The molecule has 0 saturated carbocycles. The zero-order chi connectivity index (χ0) is 21.6. The molecule has 3 rings (SSSR count). The first-order valence-corrected chi connectivity index (χ1v) is 11.4. The topological polar surface area (TPSA) is 37.4 Å². The zero-order valence-corrected chi connectivity index (χ0v) is 18.1. The van der Waals surface area contributed by atoms with Crippen molar-refractivity contribution in [1.29, 1.82) is 0 Å². The molecule has 164 valence electrons. The van der Waals surface area contributed by atoms with Crippen LogP contribution in [0.2, 0.25) is 0 Å². The van der Waals surface area contributed by atoms with Crippen molar-refractivity contribution >= 4 is 11.9 Å². The number of hydrogen-bond acceptors (Lipinski definition) is 5. The second-order valence-electron chi connectivity index (χ2n) is 7.42. The van der Waals surface area contributed by atoms with E-state index in [1.807, 2.05) is 19.1 Å². The number of nitrogens with zero attached hydrogens (tertiary/aromatic N) is 2. The number of alkyl halides is 3. The first-order chi connectivity index (χ1) is 14.4. The lowest BCUT2D eigenvalue weighted by molar-refractivity contribution is -0.152. The standard InChI is InChI=1S/C22H28F3N3OS/c1-3-29-20-6-4-5-19(26-20)17-11-13-28(14-12-17)15-16-7-9-18(10-8-16)21(27-30-2)22(23,24)25/h4-10,17,21,27H,3,11-15H2,1-2H3. The summed E-state index contributed by atoms with van der Waals surface area (Å²) in [5, 5.41) is 0. The number of rotatable bonds is 8. The van der Waals surface area contributed by atoms with Crippen LogP contribution in [-0.2, 0) is 6.54 Å². The van der Waals surface area contributed by atoms with Crippen LogP contribution in [0.4, 0.5) is 13.2 Å². The highest BCUT2D eigenvalue weighted by atomic mass is 32.2. The van der Waals surface area contributed by atoms with Crippen LogP contribution in [0.5, 0.6) is 5.88 Å². The van der Waals surface area contributed by atoms with Gasteiger partial charge in [0.25, 0.3) is 0 Å². The van der Waals surface area contributed by atoms with E-state index in [2.05, 4.69) is 20.7 Å². The quantitative estimate of drug-likeness (QED) is 0.563. The third-order valence-electron chi connectivity index (χ3n) is 5.33. The Morgan fingerprint density at radius 3 is 2.47 bits per heavy atom. The minimum Gasteiger partial charge on any atom is -0.478 e. The fourth-order valence-corrected chi connectivity index (χ4v) is 4.29. The number of likely N-dealkylation sites (tertiary alicyclic amines) is 1. The fourth-order valence-electron chi connectivity index (χ4n) is 3.79. The molecular formula is C22H28F3N3OS. The van der Waals surface area contributed by atoms with E-state index in [1.54, 1.807) is 30.5 Å². The smallest absolute Gasteiger partial charge is 0.408 e. The second kappa shape index (κ2) is 10.5. The molecule has 1 aliphatic rings. The molecule has 1 aliphatic heterocycles. The van der Waals surface area contributed by atoms with Gasteiger partial charge in [-0.1, -0.05) is 42.3 Å². The van der Waals surface area contributed by atoms with Crippen LogP contribution in [0.1, 0.15) is 48.5 Å². The van der Waals surface area contributed by atoms with E-state index in [0.29, 0.717) is 18.4 Å². The van der Waals surface area contributed by atoms with Gasteiger partial charge in [-0.15, -0.1) is 0 Å². The van der Waals surface area contributed by atoms with E-state index < -0.39 is 12.2 Å². The van der Waals surface area contributed by atoms with E-state index in [-0.39, 0.29) is 5.56 Å². The van der Waals surface area contributed by atoms with Gasteiger partial charge in [0.1, 0.15) is 6.04 Å². The van der Waals surface area contributed by atoms with Gasteiger partial charge in [0.05, 0.1) is 6.61 Å². The lowest BCUT2D eigenvalue weighted by atomic mass is 9.92. The molecule has 2 aromatic rings. The van der Waals surface area contributed by atoms with Crippen molar-refractivity contribution in [3.8, 4) is 5.88 Å². The molecule has 1 N–H and O–H groups in total. The van der Waals surface area contributed by atoms with Crippen molar-refractivity contribution in [3.05, 3.63) is 59.3 Å². The van der Waals surface area contributed by atoms with Gasteiger partial charge < -0.3 is 4.74 Å². The molecule has 4 nitrogen and oxygen atoms in total. The lowest BCUT2D eigenvalue weighted by Gasteiger charge is -2.32. The minimum atomic E-state index is -4.32. The Kier molecular flexibility index (Phi) is 8.02. The molecule has 0 bridgehead atoms. The summed E-state index contributed by atoms with van der Waals surface area (Å²) in [5.74, 6) is 1.08. The van der Waals surface area contributed by atoms with Crippen LogP contribution >= 0.6 is 11.9 Å². The molecular weight excluding hydrogens is 411 g/mol. The molecule has 1 atom stereocenters. The summed E-state index contributed by atoms with van der Waals surface area (Å²) in [7, 11) is 0. The van der Waals surface area contributed by atoms with Gasteiger partial charge in [-0.25, -0.2) is 9.71 Å². The summed E-state index contributed by atoms with van der Waals surface area (Å²) in [4.78, 5) is 6.96. The first kappa shape index (κ1) is 22.9. The van der Waals surface area contributed by atoms with Crippen molar-refractivity contribution in [1.82, 2.24) is 14.6 Å². The number of pyridine rings is 1. The molecule has 1 aromatic heterocycles. The van der Waals surface area contributed by atoms with E-state index in [1.165, 1.54) is 0 Å². The third kappa shape index (κ3) is 6.12. The SMILES string of the molecule is CCOc1cccc(C2CCN(Cc3ccc(C(NSC)C(F)(F)F)cc3)CC2)n1. The van der Waals surface area contributed by atoms with Crippen molar-refractivity contribution in [2.75, 3.05) is 26.0 Å². The molecule has 1 unspecified atom stereocenters. The van der Waals surface area contributed by atoms with Crippen LogP contribution in [0.15, 0.2) is 42.5 Å². The Morgan fingerprint density at radius 2 is 1.87 bits per heavy atom. The number of benzene rings is 1. The highest BCUT2D eigenvalue weighted by Gasteiger charge is 2.40. The van der Waals surface area contributed by atoms with Gasteiger partial charge in [0.15, 0.2) is 0 Å². The maximum atomic E-state index is 13.2. The zero-order valence-electron chi connectivity index (χ0n) is 17.3. The highest BCUT2D eigenvalue weighted by Crippen LogP contribution is 2.34. The monoisotopic (exact) mass is 439 g/mol. The molecule has 0 radical (unpaired) electrons. The van der Waals surface area contributed by atoms with Crippen LogP contribution < -0.4 is 9.46 Å². The van der Waals surface area contributed by atoms with E-state index in [4.69, 9.17) is 4.74 Å². The Balaban J connectivity index is 1.55. The van der Waals surface area contributed by atoms with Crippen LogP contribution in [0.25, 0.3) is 0 Å². The summed E-state index contributed by atoms with van der Waals surface area (Å²) in [6, 6.07) is 11.0. The largest absolute Gasteiger partial charge is 0.478 e. The number of hydrogen-bond donors (Lipinski definition) is 1. The van der Waals surface area contributed by atoms with Crippen molar-refractivity contribution < 1.29 is 17.9 Å². The highest BCUT2D eigenvalue weighted by molar-refractivity contribution is 7.96. The van der Waals surface area contributed by atoms with E-state index in [0.717, 1.165) is 55.7 Å². The predicted octanol–water partition coefficient (Wildman–Crippen LogP) is 5.33. The minimum absolute atomic E-state index is 0.236. The molecule has 0 aliphatic carbocycles. The maximum Gasteiger partial charge on any atom is 0.408 e. The third-order valence-corrected chi connectivity index (χ3v) is 5.80. The normalized spacial score (nSPS) is 17.1. The van der Waals surface area contributed by atoms with Gasteiger partial charge in [-0.05, 0) is 56.3 Å². The number of aromatic nitrogens is 1. The lowest BCUT2D eigenvalue weighted by Crippen LogP contribution is -2.33. The van der Waals surface area contributed by atoms with Gasteiger partial charge in [-0.3, -0.25) is 4.90 Å². The van der Waals surface area contributed by atoms with Gasteiger partial charge in [0.2, 0.25) is 5.88 Å². The number of piperidine rings is 1. The first-order valence-electron chi connectivity index (χ1n) is 10.2. The molecule has 1 aromatic carbocycles.